The van der Waals surface area contributed by atoms with Crippen molar-refractivity contribution in [2.24, 2.45) is 0 Å². The van der Waals surface area contributed by atoms with Crippen LogP contribution in [0.3, 0.4) is 0 Å². The van der Waals surface area contributed by atoms with Crippen molar-refractivity contribution < 1.29 is 8.42 Å². The molecule has 0 unspecified atom stereocenters. The fourth-order valence-corrected chi connectivity index (χ4v) is 4.72. The van der Waals surface area contributed by atoms with Crippen molar-refractivity contribution in [2.75, 3.05) is 0 Å². The van der Waals surface area contributed by atoms with Gasteiger partial charge in [-0.15, -0.1) is 6.58 Å². The van der Waals surface area contributed by atoms with E-state index in [0.29, 0.717) is 5.65 Å². The number of nitrogens with one attached hydrogen (secondary N) is 1. The summed E-state index contributed by atoms with van der Waals surface area (Å²) >= 11 is 0. The van der Waals surface area contributed by atoms with Crippen LogP contribution >= 0.6 is 0 Å². The summed E-state index contributed by atoms with van der Waals surface area (Å²) in [7, 11) is -4.00. The molecule has 0 saturated carbocycles. The number of aryl methyl sites for hydroxylation is 1. The number of aromatic nitrogens is 3. The molecular weight excluding hydrogens is 388 g/mol. The standard InChI is InChI=1S/C21H18N4O3S/c1-3-11-24-18(22)17(29(27,28)15-9-5-4-6-10-15)13-16-20(24)23-19-14(2)8-7-12-25(19)21(16)26/h3-10,12-13,22H,1,11H2,2H3. The lowest BCUT2D eigenvalue weighted by molar-refractivity contribution is 0.591. The predicted molar refractivity (Wildman–Crippen MR) is 110 cm³/mol. The highest BCUT2D eigenvalue weighted by molar-refractivity contribution is 7.91. The molecule has 0 fully saturated rings. The second-order valence-corrected chi connectivity index (χ2v) is 8.53. The van der Waals surface area contributed by atoms with Crippen molar-refractivity contribution in [1.82, 2.24) is 14.0 Å². The second-order valence-electron chi connectivity index (χ2n) is 6.61. The van der Waals surface area contributed by atoms with Gasteiger partial charge in [-0.25, -0.2) is 13.4 Å². The first-order valence-corrected chi connectivity index (χ1v) is 10.4. The molecule has 1 N–H and O–H groups in total. The minimum atomic E-state index is -4.00. The maximum Gasteiger partial charge on any atom is 0.267 e. The van der Waals surface area contributed by atoms with E-state index in [2.05, 4.69) is 11.6 Å². The molecule has 0 aliphatic carbocycles. The molecule has 0 aliphatic rings. The Bertz CT molecular complexity index is 1500. The lowest BCUT2D eigenvalue weighted by atomic mass is 10.2. The van der Waals surface area contributed by atoms with Crippen LogP contribution in [0.2, 0.25) is 0 Å². The second kappa shape index (κ2) is 6.82. The summed E-state index contributed by atoms with van der Waals surface area (Å²) in [6.45, 7) is 5.67. The lowest BCUT2D eigenvalue weighted by Crippen LogP contribution is -2.29. The first-order valence-electron chi connectivity index (χ1n) is 8.87. The van der Waals surface area contributed by atoms with E-state index in [0.717, 1.165) is 5.56 Å². The third kappa shape index (κ3) is 2.89. The maximum absolute atomic E-state index is 13.2. The van der Waals surface area contributed by atoms with E-state index in [1.807, 2.05) is 13.0 Å². The first-order chi connectivity index (χ1) is 13.9. The van der Waals surface area contributed by atoms with Crippen LogP contribution in [-0.4, -0.2) is 22.4 Å². The summed E-state index contributed by atoms with van der Waals surface area (Å²) in [5.74, 6) is 0. The Labute approximate surface area is 166 Å². The van der Waals surface area contributed by atoms with E-state index >= 15 is 0 Å². The molecule has 7 nitrogen and oxygen atoms in total. The van der Waals surface area contributed by atoms with E-state index in [1.165, 1.54) is 33.2 Å². The Morgan fingerprint density at radius 1 is 1.14 bits per heavy atom. The Morgan fingerprint density at radius 2 is 1.86 bits per heavy atom. The third-order valence-corrected chi connectivity index (χ3v) is 6.54. The maximum atomic E-state index is 13.2. The first kappa shape index (κ1) is 18.8. The number of hydrogen-bond acceptors (Lipinski definition) is 5. The van der Waals surface area contributed by atoms with Gasteiger partial charge in [0.15, 0.2) is 0 Å². The highest BCUT2D eigenvalue weighted by Gasteiger charge is 2.23. The number of sulfone groups is 1. The number of hydrogen-bond donors (Lipinski definition) is 1. The average molecular weight is 406 g/mol. The molecular formula is C21H18N4O3S. The third-order valence-electron chi connectivity index (χ3n) is 4.75. The van der Waals surface area contributed by atoms with Crippen LogP contribution in [-0.2, 0) is 16.4 Å². The molecule has 3 aromatic heterocycles. The number of allylic oxidation sites excluding steroid dienone is 1. The van der Waals surface area contributed by atoms with E-state index in [-0.39, 0.29) is 32.9 Å². The molecule has 0 aliphatic heterocycles. The van der Waals surface area contributed by atoms with E-state index in [1.54, 1.807) is 30.5 Å². The van der Waals surface area contributed by atoms with E-state index < -0.39 is 15.4 Å². The number of rotatable bonds is 4. The summed E-state index contributed by atoms with van der Waals surface area (Å²) in [5.41, 5.74) is 0.869. The largest absolute Gasteiger partial charge is 0.306 e. The quantitative estimate of drug-likeness (QED) is 0.416. The number of benzene rings is 1. The molecule has 4 aromatic rings. The van der Waals surface area contributed by atoms with Crippen molar-refractivity contribution >= 4 is 26.5 Å². The van der Waals surface area contributed by atoms with Crippen LogP contribution in [0.15, 0.2) is 82.0 Å². The highest BCUT2D eigenvalue weighted by atomic mass is 32.2. The Hall–Kier alpha value is -3.52. The Kier molecular flexibility index (Phi) is 4.43. The van der Waals surface area contributed by atoms with Crippen molar-refractivity contribution in [1.29, 1.82) is 5.41 Å². The molecule has 4 rings (SSSR count). The summed E-state index contributed by atoms with van der Waals surface area (Å²) in [6.07, 6.45) is 3.13. The van der Waals surface area contributed by atoms with Crippen molar-refractivity contribution in [3.8, 4) is 0 Å². The summed E-state index contributed by atoms with van der Waals surface area (Å²) < 4.78 is 29.2. The molecule has 1 aromatic carbocycles. The van der Waals surface area contributed by atoms with Gasteiger partial charge in [0, 0.05) is 12.7 Å². The van der Waals surface area contributed by atoms with Gasteiger partial charge in [0.1, 0.15) is 21.7 Å². The smallest absolute Gasteiger partial charge is 0.267 e. The fourth-order valence-electron chi connectivity index (χ4n) is 3.31. The zero-order valence-corrected chi connectivity index (χ0v) is 16.5. The van der Waals surface area contributed by atoms with Gasteiger partial charge in [-0.05, 0) is 36.8 Å². The zero-order valence-electron chi connectivity index (χ0n) is 15.7. The van der Waals surface area contributed by atoms with Gasteiger partial charge >= 0.3 is 0 Å². The van der Waals surface area contributed by atoms with Crippen LogP contribution in [0.4, 0.5) is 0 Å². The topological polar surface area (TPSA) is 97.3 Å². The zero-order chi connectivity index (χ0) is 20.8. The average Bonchev–Trinajstić information content (AvgIpc) is 2.71. The van der Waals surface area contributed by atoms with Gasteiger partial charge in [-0.2, -0.15) is 0 Å². The number of nitrogens with zero attached hydrogens (tertiary/aromatic N) is 3. The Morgan fingerprint density at radius 3 is 2.55 bits per heavy atom. The molecule has 29 heavy (non-hydrogen) atoms. The van der Waals surface area contributed by atoms with Crippen LogP contribution < -0.4 is 11.0 Å². The molecule has 0 saturated heterocycles. The van der Waals surface area contributed by atoms with Crippen molar-refractivity contribution in [3.05, 3.63) is 88.8 Å². The predicted octanol–water partition coefficient (Wildman–Crippen LogP) is 2.46. The summed E-state index contributed by atoms with van der Waals surface area (Å²) in [4.78, 5) is 17.5. The van der Waals surface area contributed by atoms with Crippen LogP contribution in [0.25, 0.3) is 16.7 Å². The van der Waals surface area contributed by atoms with Crippen LogP contribution in [0.1, 0.15) is 5.56 Å². The highest BCUT2D eigenvalue weighted by Crippen LogP contribution is 2.20. The normalized spacial score (nSPS) is 11.8. The van der Waals surface area contributed by atoms with Gasteiger partial charge in [0.2, 0.25) is 9.84 Å². The molecule has 0 atom stereocenters. The number of pyridine rings is 2. The van der Waals surface area contributed by atoms with Crippen LogP contribution in [0.5, 0.6) is 0 Å². The minimum Gasteiger partial charge on any atom is -0.306 e. The van der Waals surface area contributed by atoms with Gasteiger partial charge in [0.25, 0.3) is 5.56 Å². The Balaban J connectivity index is 2.19. The summed E-state index contributed by atoms with van der Waals surface area (Å²) in [6, 6.07) is 12.7. The van der Waals surface area contributed by atoms with Gasteiger partial charge < -0.3 is 4.57 Å². The molecule has 3 heterocycles. The molecule has 0 spiro atoms. The molecule has 0 radical (unpaired) electrons. The van der Waals surface area contributed by atoms with Gasteiger partial charge in [-0.3, -0.25) is 14.6 Å². The monoisotopic (exact) mass is 406 g/mol. The van der Waals surface area contributed by atoms with E-state index in [9.17, 15) is 13.2 Å². The van der Waals surface area contributed by atoms with Crippen LogP contribution in [0, 0.1) is 12.3 Å². The van der Waals surface area contributed by atoms with Gasteiger partial charge in [0.05, 0.1) is 10.3 Å². The summed E-state index contributed by atoms with van der Waals surface area (Å²) in [5, 5.41) is 8.68. The molecule has 146 valence electrons. The molecule has 0 bridgehead atoms. The minimum absolute atomic E-state index is 0.0581. The lowest BCUT2D eigenvalue weighted by Gasteiger charge is -2.14. The molecule has 8 heteroatoms. The molecule has 0 amide bonds. The van der Waals surface area contributed by atoms with Gasteiger partial charge in [-0.1, -0.05) is 30.3 Å². The SMILES string of the molecule is C=CCn1c(=N)c(S(=O)(=O)c2ccccc2)cc2c(=O)n3cccc(C)c3nc21. The number of fused-ring (bicyclic) bond motifs is 2. The van der Waals surface area contributed by atoms with E-state index in [4.69, 9.17) is 5.41 Å². The van der Waals surface area contributed by atoms with Crippen molar-refractivity contribution in [2.45, 2.75) is 23.3 Å². The fraction of sp³-hybridized carbons (Fsp3) is 0.0952. The van der Waals surface area contributed by atoms with Crippen molar-refractivity contribution in [3.63, 3.8) is 0 Å².